The van der Waals surface area contributed by atoms with Crippen LogP contribution in [-0.4, -0.2) is 20.9 Å². The van der Waals surface area contributed by atoms with E-state index in [1.807, 2.05) is 19.1 Å². The number of sulfonamides is 1. The molecule has 3 aromatic carbocycles. The van der Waals surface area contributed by atoms with Crippen LogP contribution in [0.1, 0.15) is 28.4 Å². The van der Waals surface area contributed by atoms with Gasteiger partial charge in [-0.1, -0.05) is 42.8 Å². The molecule has 162 valence electrons. The highest BCUT2D eigenvalue weighted by atomic mass is 35.5. The number of carbonyl (C=O) groups is 1. The van der Waals surface area contributed by atoms with Gasteiger partial charge in [-0.15, -0.1) is 0 Å². The molecule has 0 atom stereocenters. The normalized spacial score (nSPS) is 11.3. The summed E-state index contributed by atoms with van der Waals surface area (Å²) in [6, 6.07) is 17.6. The van der Waals surface area contributed by atoms with Crippen molar-refractivity contribution in [3.05, 3.63) is 94.3 Å². The van der Waals surface area contributed by atoms with E-state index in [9.17, 15) is 17.6 Å². The minimum Gasteiger partial charge on any atom is -0.322 e. The second-order valence-corrected chi connectivity index (χ2v) is 9.10. The lowest BCUT2D eigenvalue weighted by Gasteiger charge is -2.10. The Morgan fingerprint density at radius 2 is 1.61 bits per heavy atom. The van der Waals surface area contributed by atoms with Crippen LogP contribution in [0.4, 0.5) is 10.1 Å². The van der Waals surface area contributed by atoms with Crippen molar-refractivity contribution < 1.29 is 17.6 Å². The SMILES string of the molecule is CCc1ccc(NC(=O)c2ccc(F)c(S(=O)(=O)NCCc3ccc(Cl)cc3)c2)cc1. The Hall–Kier alpha value is -2.74. The molecule has 1 amide bonds. The summed E-state index contributed by atoms with van der Waals surface area (Å²) in [5.74, 6) is -1.45. The van der Waals surface area contributed by atoms with Gasteiger partial charge in [0.05, 0.1) is 0 Å². The highest BCUT2D eigenvalue weighted by molar-refractivity contribution is 7.89. The van der Waals surface area contributed by atoms with Crippen molar-refractivity contribution in [2.24, 2.45) is 0 Å². The van der Waals surface area contributed by atoms with Gasteiger partial charge in [0, 0.05) is 22.8 Å². The minimum atomic E-state index is -4.14. The lowest BCUT2D eigenvalue weighted by molar-refractivity contribution is 0.102. The van der Waals surface area contributed by atoms with Crippen molar-refractivity contribution in [2.75, 3.05) is 11.9 Å². The monoisotopic (exact) mass is 460 g/mol. The molecule has 0 unspecified atom stereocenters. The number of amides is 1. The molecule has 31 heavy (non-hydrogen) atoms. The maximum Gasteiger partial charge on any atom is 0.255 e. The molecule has 0 saturated carbocycles. The van der Waals surface area contributed by atoms with Crippen molar-refractivity contribution in [1.82, 2.24) is 4.72 Å². The second kappa shape index (κ2) is 10.0. The Morgan fingerprint density at radius 3 is 2.26 bits per heavy atom. The fraction of sp³-hybridized carbons (Fsp3) is 0.174. The maximum atomic E-state index is 14.3. The number of anilines is 1. The molecule has 3 aromatic rings. The zero-order valence-corrected chi connectivity index (χ0v) is 18.4. The standard InChI is InChI=1S/C23H22ClFN2O3S/c1-2-16-5-10-20(11-6-16)27-23(28)18-7-12-21(25)22(15-18)31(29,30)26-14-13-17-3-8-19(24)9-4-17/h3-12,15,26H,2,13-14H2,1H3,(H,27,28). The highest BCUT2D eigenvalue weighted by Crippen LogP contribution is 2.18. The maximum absolute atomic E-state index is 14.3. The largest absolute Gasteiger partial charge is 0.322 e. The summed E-state index contributed by atoms with van der Waals surface area (Å²) in [6.07, 6.45) is 1.28. The number of hydrogen-bond acceptors (Lipinski definition) is 3. The van der Waals surface area contributed by atoms with E-state index in [1.165, 1.54) is 6.07 Å². The number of aryl methyl sites for hydroxylation is 1. The summed E-state index contributed by atoms with van der Waals surface area (Å²) < 4.78 is 41.8. The molecule has 0 aliphatic heterocycles. The molecule has 0 aromatic heterocycles. The molecule has 0 fully saturated rings. The number of nitrogens with one attached hydrogen (secondary N) is 2. The minimum absolute atomic E-state index is 0.0408. The van der Waals surface area contributed by atoms with Gasteiger partial charge >= 0.3 is 0 Å². The molecule has 0 aliphatic rings. The van der Waals surface area contributed by atoms with E-state index in [2.05, 4.69) is 10.0 Å². The summed E-state index contributed by atoms with van der Waals surface area (Å²) in [5, 5.41) is 3.28. The summed E-state index contributed by atoms with van der Waals surface area (Å²) >= 11 is 5.83. The molecule has 0 saturated heterocycles. The van der Waals surface area contributed by atoms with Gasteiger partial charge in [-0.25, -0.2) is 17.5 Å². The first-order valence-electron chi connectivity index (χ1n) is 9.72. The molecule has 8 heteroatoms. The van der Waals surface area contributed by atoms with Gasteiger partial charge in [0.15, 0.2) is 0 Å². The first-order valence-corrected chi connectivity index (χ1v) is 11.6. The van der Waals surface area contributed by atoms with Crippen molar-refractivity contribution in [1.29, 1.82) is 0 Å². The van der Waals surface area contributed by atoms with Gasteiger partial charge in [0.25, 0.3) is 5.91 Å². The first-order chi connectivity index (χ1) is 14.8. The lowest BCUT2D eigenvalue weighted by Crippen LogP contribution is -2.27. The number of halogens is 2. The van der Waals surface area contributed by atoms with Crippen LogP contribution in [0.3, 0.4) is 0 Å². The molecule has 3 rings (SSSR count). The predicted molar refractivity (Wildman–Crippen MR) is 121 cm³/mol. The molecule has 0 spiro atoms. The fourth-order valence-electron chi connectivity index (χ4n) is 2.94. The number of carbonyl (C=O) groups excluding carboxylic acids is 1. The molecule has 0 heterocycles. The van der Waals surface area contributed by atoms with Crippen LogP contribution in [0.5, 0.6) is 0 Å². The quantitative estimate of drug-likeness (QED) is 0.506. The van der Waals surface area contributed by atoms with E-state index in [1.54, 1.807) is 36.4 Å². The van der Waals surface area contributed by atoms with Crippen LogP contribution < -0.4 is 10.0 Å². The summed E-state index contributed by atoms with van der Waals surface area (Å²) in [4.78, 5) is 12.0. The van der Waals surface area contributed by atoms with E-state index in [-0.39, 0.29) is 12.1 Å². The van der Waals surface area contributed by atoms with Gasteiger partial charge in [0.1, 0.15) is 10.7 Å². The van der Waals surface area contributed by atoms with Crippen molar-refractivity contribution >= 4 is 33.2 Å². The van der Waals surface area contributed by atoms with Crippen LogP contribution in [0, 0.1) is 5.82 Å². The smallest absolute Gasteiger partial charge is 0.255 e. The zero-order chi connectivity index (χ0) is 22.4. The van der Waals surface area contributed by atoms with Crippen LogP contribution in [0.2, 0.25) is 5.02 Å². The number of hydrogen-bond donors (Lipinski definition) is 2. The third-order valence-electron chi connectivity index (χ3n) is 4.72. The number of rotatable bonds is 8. The van der Waals surface area contributed by atoms with Crippen molar-refractivity contribution in [2.45, 2.75) is 24.7 Å². The highest BCUT2D eigenvalue weighted by Gasteiger charge is 2.21. The summed E-state index contributed by atoms with van der Waals surface area (Å²) in [7, 11) is -4.14. The van der Waals surface area contributed by atoms with Crippen molar-refractivity contribution in [3.63, 3.8) is 0 Å². The number of benzene rings is 3. The van der Waals surface area contributed by atoms with Gasteiger partial charge < -0.3 is 5.32 Å². The van der Waals surface area contributed by atoms with E-state index in [0.29, 0.717) is 17.1 Å². The molecular weight excluding hydrogens is 439 g/mol. The van der Waals surface area contributed by atoms with Crippen LogP contribution in [-0.2, 0) is 22.9 Å². The predicted octanol–water partition coefficient (Wildman–Crippen LogP) is 4.81. The van der Waals surface area contributed by atoms with Crippen molar-refractivity contribution in [3.8, 4) is 0 Å². The van der Waals surface area contributed by atoms with E-state index < -0.39 is 26.6 Å². The molecule has 2 N–H and O–H groups in total. The summed E-state index contributed by atoms with van der Waals surface area (Å²) in [6.45, 7) is 2.10. The molecule has 0 aliphatic carbocycles. The van der Waals surface area contributed by atoms with E-state index >= 15 is 0 Å². The second-order valence-electron chi connectivity index (χ2n) is 6.92. The van der Waals surface area contributed by atoms with Crippen LogP contribution in [0.15, 0.2) is 71.6 Å². The van der Waals surface area contributed by atoms with E-state index in [4.69, 9.17) is 11.6 Å². The third kappa shape index (κ3) is 6.13. The molecule has 5 nitrogen and oxygen atoms in total. The van der Waals surface area contributed by atoms with Crippen LogP contribution in [0.25, 0.3) is 0 Å². The fourth-order valence-corrected chi connectivity index (χ4v) is 4.20. The Bertz CT molecular complexity index is 1160. The molecule has 0 bridgehead atoms. The summed E-state index contributed by atoms with van der Waals surface area (Å²) in [5.41, 5.74) is 2.61. The average Bonchev–Trinajstić information content (AvgIpc) is 2.75. The third-order valence-corrected chi connectivity index (χ3v) is 6.45. The molecule has 0 radical (unpaired) electrons. The van der Waals surface area contributed by atoms with Gasteiger partial charge in [-0.05, 0) is 66.4 Å². The Kier molecular flexibility index (Phi) is 7.43. The Morgan fingerprint density at radius 1 is 0.968 bits per heavy atom. The zero-order valence-electron chi connectivity index (χ0n) is 16.9. The van der Waals surface area contributed by atoms with Crippen LogP contribution >= 0.6 is 11.6 Å². The first kappa shape index (κ1) is 22.9. The average molecular weight is 461 g/mol. The Balaban J connectivity index is 1.70. The topological polar surface area (TPSA) is 75.3 Å². The van der Waals surface area contributed by atoms with Gasteiger partial charge in [-0.2, -0.15) is 0 Å². The van der Waals surface area contributed by atoms with Gasteiger partial charge in [-0.3, -0.25) is 4.79 Å². The van der Waals surface area contributed by atoms with Gasteiger partial charge in [0.2, 0.25) is 10.0 Å². The van der Waals surface area contributed by atoms with E-state index in [0.717, 1.165) is 29.7 Å². The lowest BCUT2D eigenvalue weighted by atomic mass is 10.1. The molecular formula is C23H22ClFN2O3S. The Labute approximate surface area is 186 Å².